The van der Waals surface area contributed by atoms with Gasteiger partial charge in [-0.3, -0.25) is 9.36 Å². The molecule has 1 aliphatic rings. The van der Waals surface area contributed by atoms with Crippen molar-refractivity contribution in [1.82, 2.24) is 29.5 Å². The minimum absolute atomic E-state index is 0.472. The predicted molar refractivity (Wildman–Crippen MR) is 136 cm³/mol. The number of nitrogens with zero attached hydrogens (tertiary/aromatic N) is 7. The number of aryl methyl sites for hydroxylation is 2. The molecule has 0 saturated carbocycles. The van der Waals surface area contributed by atoms with Crippen LogP contribution in [0.25, 0.3) is 22.5 Å². The van der Waals surface area contributed by atoms with Gasteiger partial charge in [-0.1, -0.05) is 11.6 Å². The molecule has 4 aromatic heterocycles. The van der Waals surface area contributed by atoms with Gasteiger partial charge in [0.1, 0.15) is 22.4 Å². The molecule has 0 atom stereocenters. The molecule has 8 nitrogen and oxygen atoms in total. The number of morpholine rings is 1. The number of halogens is 3. The lowest BCUT2D eigenvalue weighted by molar-refractivity contribution is 0.122. The van der Waals surface area contributed by atoms with Gasteiger partial charge in [-0.05, 0) is 56.1 Å². The molecular formula is C22H22Br2ClN7O. The lowest BCUT2D eigenvalue weighted by Gasteiger charge is -2.27. The summed E-state index contributed by atoms with van der Waals surface area (Å²) in [6, 6.07) is 7.73. The lowest BCUT2D eigenvalue weighted by atomic mass is 10.2. The summed E-state index contributed by atoms with van der Waals surface area (Å²) in [5.41, 5.74) is 3.85. The lowest BCUT2D eigenvalue weighted by Crippen LogP contribution is -2.36. The Morgan fingerprint density at radius 2 is 1.39 bits per heavy atom. The maximum atomic E-state index is 5.79. The topological polar surface area (TPSA) is 73.9 Å². The zero-order valence-electron chi connectivity index (χ0n) is 18.1. The third-order valence-electron chi connectivity index (χ3n) is 4.92. The molecule has 1 aliphatic heterocycles. The summed E-state index contributed by atoms with van der Waals surface area (Å²) < 4.78 is 10.9. The van der Waals surface area contributed by atoms with E-state index in [9.17, 15) is 0 Å². The van der Waals surface area contributed by atoms with Crippen LogP contribution in [0.15, 0.2) is 58.0 Å². The van der Waals surface area contributed by atoms with Crippen molar-refractivity contribution in [2.45, 2.75) is 0 Å². The van der Waals surface area contributed by atoms with Gasteiger partial charge in [-0.15, -0.1) is 0 Å². The van der Waals surface area contributed by atoms with Crippen LogP contribution in [-0.2, 0) is 18.8 Å². The van der Waals surface area contributed by atoms with E-state index in [0.29, 0.717) is 5.15 Å². The molecule has 0 aliphatic carbocycles. The molecule has 5 rings (SSSR count). The second kappa shape index (κ2) is 10.8. The molecule has 0 amide bonds. The van der Waals surface area contributed by atoms with E-state index in [2.05, 4.69) is 63.0 Å². The van der Waals surface area contributed by atoms with Gasteiger partial charge in [-0.2, -0.15) is 10.2 Å². The molecule has 172 valence electrons. The summed E-state index contributed by atoms with van der Waals surface area (Å²) in [5, 5.41) is 9.24. The highest BCUT2D eigenvalue weighted by molar-refractivity contribution is 9.11. The van der Waals surface area contributed by atoms with E-state index in [0.717, 1.165) is 63.6 Å². The normalized spacial score (nSPS) is 13.5. The van der Waals surface area contributed by atoms with Gasteiger partial charge in [-0.25, -0.2) is 9.97 Å². The van der Waals surface area contributed by atoms with Gasteiger partial charge in [0.2, 0.25) is 0 Å². The first-order valence-electron chi connectivity index (χ1n) is 10.2. The first kappa shape index (κ1) is 23.9. The van der Waals surface area contributed by atoms with E-state index in [-0.39, 0.29) is 0 Å². The minimum Gasteiger partial charge on any atom is -0.378 e. The van der Waals surface area contributed by atoms with Crippen LogP contribution in [-0.4, -0.2) is 55.8 Å². The zero-order chi connectivity index (χ0) is 23.4. The van der Waals surface area contributed by atoms with Gasteiger partial charge in [0.05, 0.1) is 22.2 Å². The monoisotopic (exact) mass is 593 g/mol. The van der Waals surface area contributed by atoms with Crippen molar-refractivity contribution >= 4 is 49.3 Å². The van der Waals surface area contributed by atoms with Crippen molar-refractivity contribution in [2.24, 2.45) is 14.1 Å². The van der Waals surface area contributed by atoms with Crippen LogP contribution in [0, 0.1) is 0 Å². The van der Waals surface area contributed by atoms with Crippen LogP contribution in [0.2, 0.25) is 5.15 Å². The van der Waals surface area contributed by atoms with E-state index in [1.165, 1.54) is 0 Å². The summed E-state index contributed by atoms with van der Waals surface area (Å²) in [5.74, 6) is 0.985. The predicted octanol–water partition coefficient (Wildman–Crippen LogP) is 4.98. The van der Waals surface area contributed by atoms with Crippen molar-refractivity contribution in [3.8, 4) is 22.5 Å². The number of hydrogen-bond donors (Lipinski definition) is 0. The second-order valence-corrected chi connectivity index (χ2v) is 9.46. The van der Waals surface area contributed by atoms with Gasteiger partial charge in [0.15, 0.2) is 0 Å². The molecule has 0 unspecified atom stereocenters. The van der Waals surface area contributed by atoms with Crippen molar-refractivity contribution in [2.75, 3.05) is 31.2 Å². The molecule has 0 bridgehead atoms. The van der Waals surface area contributed by atoms with Gasteiger partial charge in [0, 0.05) is 63.1 Å². The van der Waals surface area contributed by atoms with Crippen LogP contribution >= 0.6 is 43.5 Å². The van der Waals surface area contributed by atoms with Crippen molar-refractivity contribution in [3.63, 3.8) is 0 Å². The number of aromatic nitrogens is 6. The van der Waals surface area contributed by atoms with E-state index >= 15 is 0 Å². The Bertz CT molecular complexity index is 1240. The summed E-state index contributed by atoms with van der Waals surface area (Å²) in [7, 11) is 3.79. The smallest absolute Gasteiger partial charge is 0.129 e. The summed E-state index contributed by atoms with van der Waals surface area (Å²) in [6.07, 6.45) is 7.34. The highest BCUT2D eigenvalue weighted by atomic mass is 79.9. The Hall–Kier alpha value is -2.27. The van der Waals surface area contributed by atoms with Crippen molar-refractivity contribution in [1.29, 1.82) is 0 Å². The Balaban J connectivity index is 0.000000165. The van der Waals surface area contributed by atoms with Crippen molar-refractivity contribution in [3.05, 3.63) is 63.2 Å². The largest absolute Gasteiger partial charge is 0.378 e. The number of ether oxygens (including phenoxy) is 1. The molecular weight excluding hydrogens is 574 g/mol. The SMILES string of the molecule is Cn1cc(Br)c(-c2ccnc(Cl)c2)n1.Cn1cc(Br)c(-c2ccnc(N3CCOCC3)c2)n1. The Morgan fingerprint density at radius 3 is 1.91 bits per heavy atom. The third-order valence-corrected chi connectivity index (χ3v) is 6.29. The minimum atomic E-state index is 0.472. The molecule has 0 radical (unpaired) electrons. The van der Waals surface area contributed by atoms with E-state index in [4.69, 9.17) is 16.3 Å². The highest BCUT2D eigenvalue weighted by Gasteiger charge is 2.15. The fourth-order valence-electron chi connectivity index (χ4n) is 3.39. The average Bonchev–Trinajstić information content (AvgIpc) is 3.34. The molecule has 0 N–H and O–H groups in total. The third kappa shape index (κ3) is 6.00. The molecule has 33 heavy (non-hydrogen) atoms. The highest BCUT2D eigenvalue weighted by Crippen LogP contribution is 2.29. The van der Waals surface area contributed by atoms with Crippen LogP contribution in [0.5, 0.6) is 0 Å². The van der Waals surface area contributed by atoms with Crippen LogP contribution in [0.1, 0.15) is 0 Å². The fraction of sp³-hybridized carbons (Fsp3) is 0.273. The fourth-order valence-corrected chi connectivity index (χ4v) is 4.77. The zero-order valence-corrected chi connectivity index (χ0v) is 22.0. The molecule has 1 saturated heterocycles. The first-order chi connectivity index (χ1) is 15.9. The number of rotatable bonds is 3. The molecule has 1 fully saturated rings. The van der Waals surface area contributed by atoms with Crippen molar-refractivity contribution < 1.29 is 4.74 Å². The van der Waals surface area contributed by atoms with E-state index in [1.807, 2.05) is 44.8 Å². The average molecular weight is 596 g/mol. The quantitative estimate of drug-likeness (QED) is 0.311. The maximum Gasteiger partial charge on any atom is 0.129 e. The number of pyridine rings is 2. The standard InChI is InChI=1S/C13H15BrN4O.C9H7BrClN3/c1-17-9-11(14)13(16-17)10-2-3-15-12(8-10)18-4-6-19-7-5-18;1-14-5-7(10)9(13-14)6-2-3-12-8(11)4-6/h2-3,8-9H,4-7H2,1H3;2-5H,1H3. The van der Waals surface area contributed by atoms with Gasteiger partial charge in [0.25, 0.3) is 0 Å². The molecule has 11 heteroatoms. The Labute approximate surface area is 213 Å². The number of hydrogen-bond acceptors (Lipinski definition) is 6. The van der Waals surface area contributed by atoms with Crippen LogP contribution in [0.3, 0.4) is 0 Å². The molecule has 0 aromatic carbocycles. The van der Waals surface area contributed by atoms with Crippen LogP contribution in [0.4, 0.5) is 5.82 Å². The van der Waals surface area contributed by atoms with Gasteiger partial charge < -0.3 is 9.64 Å². The summed E-state index contributed by atoms with van der Waals surface area (Å²) >= 11 is 12.8. The Kier molecular flexibility index (Phi) is 7.79. The van der Waals surface area contributed by atoms with E-state index < -0.39 is 0 Å². The Morgan fingerprint density at radius 1 is 0.848 bits per heavy atom. The molecule has 0 spiro atoms. The number of anilines is 1. The van der Waals surface area contributed by atoms with Gasteiger partial charge >= 0.3 is 0 Å². The second-order valence-electron chi connectivity index (χ2n) is 7.37. The summed E-state index contributed by atoms with van der Waals surface area (Å²) in [6.45, 7) is 3.30. The van der Waals surface area contributed by atoms with E-state index in [1.54, 1.807) is 21.6 Å². The molecule has 4 aromatic rings. The first-order valence-corrected chi connectivity index (χ1v) is 12.2. The maximum absolute atomic E-state index is 5.79. The summed E-state index contributed by atoms with van der Waals surface area (Å²) in [4.78, 5) is 10.6. The molecule has 5 heterocycles. The van der Waals surface area contributed by atoms with Crippen LogP contribution < -0.4 is 4.90 Å².